The van der Waals surface area contributed by atoms with Crippen molar-refractivity contribution in [3.05, 3.63) is 178 Å². The van der Waals surface area contributed by atoms with Crippen LogP contribution in [0.2, 0.25) is 10.0 Å². The lowest BCUT2D eigenvalue weighted by molar-refractivity contribution is -0.116. The summed E-state index contributed by atoms with van der Waals surface area (Å²) in [6, 6.07) is 44.0. The van der Waals surface area contributed by atoms with Crippen molar-refractivity contribution in [3.8, 4) is 0 Å². The van der Waals surface area contributed by atoms with Crippen LogP contribution in [0, 0.1) is 0 Å². The highest BCUT2D eigenvalue weighted by atomic mass is 35.5. The van der Waals surface area contributed by atoms with E-state index in [1.807, 2.05) is 84.9 Å². The maximum atomic E-state index is 13.9. The van der Waals surface area contributed by atoms with Gasteiger partial charge in [-0.05, 0) is 70.4 Å². The van der Waals surface area contributed by atoms with Gasteiger partial charge in [0.1, 0.15) is 10.9 Å². The normalized spacial score (nSPS) is 11.8. The van der Waals surface area contributed by atoms with Gasteiger partial charge in [-0.3, -0.25) is 14.4 Å². The molecule has 6 aromatic carbocycles. The Kier molecular flexibility index (Phi) is 10.8. The molecule has 242 valence electrons. The molecule has 0 spiro atoms. The van der Waals surface area contributed by atoms with Crippen molar-refractivity contribution in [3.63, 3.8) is 0 Å². The van der Waals surface area contributed by atoms with Crippen LogP contribution < -0.4 is 16.0 Å². The van der Waals surface area contributed by atoms with Gasteiger partial charge in [0, 0.05) is 16.1 Å². The fourth-order valence-corrected chi connectivity index (χ4v) is 6.59. The van der Waals surface area contributed by atoms with E-state index < -0.39 is 17.1 Å². The average molecular weight is 703 g/mol. The minimum Gasteiger partial charge on any atom is -0.323 e. The monoisotopic (exact) mass is 701 g/mol. The molecule has 0 bridgehead atoms. The predicted octanol–water partition coefficient (Wildman–Crippen LogP) is 10.0. The SMILES string of the molecule is O=C(Nc1cccc(SC(C(=O)Nc2cccc(Cl)c2Cl)c2ccccc2)c1)/C(=C\c1cccc2ccccc12)NC(=O)c1ccccc1. The van der Waals surface area contributed by atoms with Crippen LogP contribution in [0.4, 0.5) is 11.4 Å². The second kappa shape index (κ2) is 15.7. The number of fused-ring (bicyclic) bond motifs is 1. The number of amides is 3. The molecular formula is C40H29Cl2N3O3S. The molecule has 0 saturated carbocycles. The smallest absolute Gasteiger partial charge is 0.272 e. The summed E-state index contributed by atoms with van der Waals surface area (Å²) < 4.78 is 0. The molecule has 6 aromatic rings. The number of carbonyl (C=O) groups excluding carboxylic acids is 3. The second-order valence-electron chi connectivity index (χ2n) is 10.9. The number of rotatable bonds is 10. The lowest BCUT2D eigenvalue weighted by Gasteiger charge is -2.18. The van der Waals surface area contributed by atoms with Crippen LogP contribution in [0.3, 0.4) is 0 Å². The first-order chi connectivity index (χ1) is 23.9. The van der Waals surface area contributed by atoms with E-state index in [-0.39, 0.29) is 16.6 Å². The Morgan fingerprint density at radius 1 is 0.673 bits per heavy atom. The van der Waals surface area contributed by atoms with Crippen molar-refractivity contribution >= 4 is 80.9 Å². The summed E-state index contributed by atoms with van der Waals surface area (Å²) in [6.45, 7) is 0. The first-order valence-electron chi connectivity index (χ1n) is 15.3. The van der Waals surface area contributed by atoms with E-state index in [0.717, 1.165) is 26.8 Å². The molecule has 0 heterocycles. The van der Waals surface area contributed by atoms with Crippen LogP contribution in [0.25, 0.3) is 16.8 Å². The van der Waals surface area contributed by atoms with Crippen molar-refractivity contribution in [2.75, 3.05) is 10.6 Å². The number of hydrogen-bond donors (Lipinski definition) is 3. The van der Waals surface area contributed by atoms with E-state index in [4.69, 9.17) is 23.2 Å². The minimum atomic E-state index is -0.658. The van der Waals surface area contributed by atoms with Gasteiger partial charge in [-0.25, -0.2) is 0 Å². The predicted molar refractivity (Wildman–Crippen MR) is 201 cm³/mol. The molecule has 3 amide bonds. The van der Waals surface area contributed by atoms with Gasteiger partial charge in [-0.15, -0.1) is 11.8 Å². The van der Waals surface area contributed by atoms with E-state index in [9.17, 15) is 14.4 Å². The Morgan fingerprint density at radius 3 is 2.14 bits per heavy atom. The molecule has 1 unspecified atom stereocenters. The van der Waals surface area contributed by atoms with Crippen molar-refractivity contribution < 1.29 is 14.4 Å². The molecular weight excluding hydrogens is 673 g/mol. The highest BCUT2D eigenvalue weighted by molar-refractivity contribution is 8.00. The third-order valence-corrected chi connectivity index (χ3v) is 9.61. The molecule has 0 aliphatic carbocycles. The zero-order chi connectivity index (χ0) is 34.2. The van der Waals surface area contributed by atoms with Crippen LogP contribution in [0.1, 0.15) is 26.7 Å². The summed E-state index contributed by atoms with van der Waals surface area (Å²) in [6.07, 6.45) is 1.67. The van der Waals surface area contributed by atoms with E-state index in [2.05, 4.69) is 16.0 Å². The van der Waals surface area contributed by atoms with E-state index >= 15 is 0 Å². The largest absolute Gasteiger partial charge is 0.323 e. The number of carbonyl (C=O) groups is 3. The average Bonchev–Trinajstić information content (AvgIpc) is 3.13. The standard InChI is InChI=1S/C40H29Cl2N3O3S/c41-33-22-11-23-34(36(33)42)44-40(48)37(27-13-3-1-4-14-27)49-31-20-10-19-30(25-31)43-39(47)35(45-38(46)28-15-5-2-6-16-28)24-29-18-9-17-26-12-7-8-21-32(26)29/h1-25,37H,(H,43,47)(H,44,48)(H,45,46)/b35-24+. The number of nitrogens with one attached hydrogen (secondary N) is 3. The summed E-state index contributed by atoms with van der Waals surface area (Å²) in [5.41, 5.74) is 2.94. The Balaban J connectivity index is 1.27. The third-order valence-electron chi connectivity index (χ3n) is 7.55. The molecule has 0 fully saturated rings. The second-order valence-corrected chi connectivity index (χ2v) is 12.9. The fraction of sp³-hybridized carbons (Fsp3) is 0.0250. The molecule has 0 aromatic heterocycles. The van der Waals surface area contributed by atoms with Gasteiger partial charge in [0.2, 0.25) is 5.91 Å². The van der Waals surface area contributed by atoms with Crippen LogP contribution in [-0.2, 0) is 9.59 Å². The Morgan fingerprint density at radius 2 is 1.35 bits per heavy atom. The lowest BCUT2D eigenvalue weighted by atomic mass is 10.0. The van der Waals surface area contributed by atoms with E-state index in [1.165, 1.54) is 11.8 Å². The van der Waals surface area contributed by atoms with Crippen LogP contribution in [0.15, 0.2) is 156 Å². The van der Waals surface area contributed by atoms with Gasteiger partial charge in [0.25, 0.3) is 11.8 Å². The highest BCUT2D eigenvalue weighted by Crippen LogP contribution is 2.38. The van der Waals surface area contributed by atoms with E-state index in [1.54, 1.807) is 66.7 Å². The molecule has 0 saturated heterocycles. The summed E-state index contributed by atoms with van der Waals surface area (Å²) in [5.74, 6) is -1.21. The number of thioether (sulfide) groups is 1. The number of hydrogen-bond acceptors (Lipinski definition) is 4. The van der Waals surface area contributed by atoms with Crippen LogP contribution in [-0.4, -0.2) is 17.7 Å². The molecule has 0 radical (unpaired) electrons. The Labute approximate surface area is 298 Å². The topological polar surface area (TPSA) is 87.3 Å². The van der Waals surface area contributed by atoms with Crippen molar-refractivity contribution in [2.24, 2.45) is 0 Å². The molecule has 6 nitrogen and oxygen atoms in total. The maximum Gasteiger partial charge on any atom is 0.272 e. The van der Waals surface area contributed by atoms with Gasteiger partial charge in [-0.2, -0.15) is 0 Å². The Bertz CT molecular complexity index is 2170. The maximum absolute atomic E-state index is 13.9. The fourth-order valence-electron chi connectivity index (χ4n) is 5.16. The number of benzene rings is 6. The Hall–Kier alpha value is -5.34. The lowest BCUT2D eigenvalue weighted by Crippen LogP contribution is -2.30. The van der Waals surface area contributed by atoms with Gasteiger partial charge in [0.05, 0.1) is 15.7 Å². The molecule has 6 rings (SSSR count). The summed E-state index contributed by atoms with van der Waals surface area (Å²) in [4.78, 5) is 41.5. The zero-order valence-corrected chi connectivity index (χ0v) is 28.2. The van der Waals surface area contributed by atoms with E-state index in [0.29, 0.717) is 22.0 Å². The quantitative estimate of drug-likeness (QED) is 0.0980. The van der Waals surface area contributed by atoms with Crippen LogP contribution >= 0.6 is 35.0 Å². The summed E-state index contributed by atoms with van der Waals surface area (Å²) in [5, 5.41) is 10.5. The molecule has 3 N–H and O–H groups in total. The first-order valence-corrected chi connectivity index (χ1v) is 16.9. The van der Waals surface area contributed by atoms with Gasteiger partial charge < -0.3 is 16.0 Å². The number of anilines is 2. The van der Waals surface area contributed by atoms with Gasteiger partial charge in [0.15, 0.2) is 0 Å². The first kappa shape index (κ1) is 33.6. The van der Waals surface area contributed by atoms with Crippen molar-refractivity contribution in [1.82, 2.24) is 5.32 Å². The molecule has 1 atom stereocenters. The van der Waals surface area contributed by atoms with Gasteiger partial charge in [-0.1, -0.05) is 126 Å². The third kappa shape index (κ3) is 8.39. The van der Waals surface area contributed by atoms with Crippen molar-refractivity contribution in [1.29, 1.82) is 0 Å². The molecule has 0 aliphatic rings. The van der Waals surface area contributed by atoms with Crippen molar-refractivity contribution in [2.45, 2.75) is 10.1 Å². The molecule has 9 heteroatoms. The molecule has 49 heavy (non-hydrogen) atoms. The highest BCUT2D eigenvalue weighted by Gasteiger charge is 2.24. The zero-order valence-electron chi connectivity index (χ0n) is 25.9. The van der Waals surface area contributed by atoms with Crippen LogP contribution in [0.5, 0.6) is 0 Å². The number of halogens is 2. The minimum absolute atomic E-state index is 0.0724. The molecule has 0 aliphatic heterocycles. The summed E-state index contributed by atoms with van der Waals surface area (Å²) in [7, 11) is 0. The van der Waals surface area contributed by atoms with Gasteiger partial charge >= 0.3 is 0 Å². The summed E-state index contributed by atoms with van der Waals surface area (Å²) >= 11 is 13.9.